The Labute approximate surface area is 110 Å². The fourth-order valence-electron chi connectivity index (χ4n) is 2.31. The summed E-state index contributed by atoms with van der Waals surface area (Å²) >= 11 is 1.97. The standard InChI is InChI=1S/C14H16N2OS/c17-14(16-12-4-7-18-8-5-12)11-1-2-13-10(9-11)3-6-15-13/h1-3,6,9,12,15H,4-5,7-8H2,(H,16,17). The summed E-state index contributed by atoms with van der Waals surface area (Å²) in [5.74, 6) is 2.36. The van der Waals surface area contributed by atoms with E-state index in [0.29, 0.717) is 6.04 Å². The van der Waals surface area contributed by atoms with Gasteiger partial charge in [-0.2, -0.15) is 11.8 Å². The zero-order valence-corrected chi connectivity index (χ0v) is 10.9. The van der Waals surface area contributed by atoms with Gasteiger partial charge in [0, 0.05) is 28.7 Å². The largest absolute Gasteiger partial charge is 0.361 e. The average molecular weight is 260 g/mol. The Morgan fingerprint density at radius 1 is 1.28 bits per heavy atom. The number of thioether (sulfide) groups is 1. The normalized spacial score (nSPS) is 16.9. The summed E-state index contributed by atoms with van der Waals surface area (Å²) in [5, 5.41) is 4.21. The molecule has 1 amide bonds. The molecule has 0 atom stereocenters. The third-order valence-corrected chi connectivity index (χ3v) is 4.42. The molecular formula is C14H16N2OS. The van der Waals surface area contributed by atoms with Gasteiger partial charge >= 0.3 is 0 Å². The Balaban J connectivity index is 1.74. The third kappa shape index (κ3) is 2.38. The van der Waals surface area contributed by atoms with Crippen LogP contribution in [0.3, 0.4) is 0 Å². The van der Waals surface area contributed by atoms with Gasteiger partial charge in [0.1, 0.15) is 0 Å². The lowest BCUT2D eigenvalue weighted by Gasteiger charge is -2.22. The summed E-state index contributed by atoms with van der Waals surface area (Å²) in [7, 11) is 0. The highest BCUT2D eigenvalue weighted by molar-refractivity contribution is 7.99. The van der Waals surface area contributed by atoms with Crippen LogP contribution in [0.2, 0.25) is 0 Å². The molecule has 2 aromatic rings. The van der Waals surface area contributed by atoms with Crippen molar-refractivity contribution >= 4 is 28.6 Å². The molecule has 1 aromatic heterocycles. The fourth-order valence-corrected chi connectivity index (χ4v) is 3.41. The van der Waals surface area contributed by atoms with E-state index in [1.807, 2.05) is 42.2 Å². The highest BCUT2D eigenvalue weighted by atomic mass is 32.2. The van der Waals surface area contributed by atoms with Crippen LogP contribution in [0.25, 0.3) is 10.9 Å². The molecule has 3 nitrogen and oxygen atoms in total. The quantitative estimate of drug-likeness (QED) is 0.872. The smallest absolute Gasteiger partial charge is 0.251 e. The average Bonchev–Trinajstić information content (AvgIpc) is 2.87. The van der Waals surface area contributed by atoms with Gasteiger partial charge in [-0.25, -0.2) is 0 Å². The first-order valence-electron chi connectivity index (χ1n) is 6.29. The molecule has 3 rings (SSSR count). The molecular weight excluding hydrogens is 244 g/mol. The minimum atomic E-state index is 0.0509. The fraction of sp³-hybridized carbons (Fsp3) is 0.357. The summed E-state index contributed by atoms with van der Waals surface area (Å²) in [6.07, 6.45) is 4.07. The molecule has 4 heteroatoms. The molecule has 18 heavy (non-hydrogen) atoms. The maximum atomic E-state index is 12.2. The molecule has 94 valence electrons. The highest BCUT2D eigenvalue weighted by Crippen LogP contribution is 2.18. The number of amides is 1. The predicted octanol–water partition coefficient (Wildman–Crippen LogP) is 2.79. The summed E-state index contributed by atoms with van der Waals surface area (Å²) in [6.45, 7) is 0. The number of aromatic nitrogens is 1. The van der Waals surface area contributed by atoms with Crippen molar-refractivity contribution < 1.29 is 4.79 Å². The minimum absolute atomic E-state index is 0.0509. The molecule has 0 bridgehead atoms. The topological polar surface area (TPSA) is 44.9 Å². The summed E-state index contributed by atoms with van der Waals surface area (Å²) in [6, 6.07) is 8.12. The van der Waals surface area contributed by atoms with Crippen molar-refractivity contribution in [2.24, 2.45) is 0 Å². The van der Waals surface area contributed by atoms with Crippen LogP contribution < -0.4 is 5.32 Å². The van der Waals surface area contributed by atoms with Gasteiger partial charge in [-0.15, -0.1) is 0 Å². The van der Waals surface area contributed by atoms with Crippen molar-refractivity contribution in [2.45, 2.75) is 18.9 Å². The van der Waals surface area contributed by atoms with Gasteiger partial charge in [0.15, 0.2) is 0 Å². The van der Waals surface area contributed by atoms with E-state index < -0.39 is 0 Å². The lowest BCUT2D eigenvalue weighted by Crippen LogP contribution is -2.37. The first-order valence-corrected chi connectivity index (χ1v) is 7.44. The number of carbonyl (C=O) groups is 1. The molecule has 0 unspecified atom stereocenters. The van der Waals surface area contributed by atoms with Crippen LogP contribution >= 0.6 is 11.8 Å². The first kappa shape index (κ1) is 11.7. The van der Waals surface area contributed by atoms with Crippen LogP contribution in [0.15, 0.2) is 30.5 Å². The van der Waals surface area contributed by atoms with Gasteiger partial charge in [0.05, 0.1) is 0 Å². The maximum Gasteiger partial charge on any atom is 0.251 e. The zero-order valence-electron chi connectivity index (χ0n) is 10.1. The van der Waals surface area contributed by atoms with Crippen molar-refractivity contribution in [2.75, 3.05) is 11.5 Å². The molecule has 0 saturated carbocycles. The van der Waals surface area contributed by atoms with E-state index in [4.69, 9.17) is 0 Å². The SMILES string of the molecule is O=C(NC1CCSCC1)c1ccc2[nH]ccc2c1. The molecule has 1 aliphatic rings. The zero-order chi connectivity index (χ0) is 12.4. The number of fused-ring (bicyclic) bond motifs is 1. The van der Waals surface area contributed by atoms with Crippen LogP contribution in [-0.2, 0) is 0 Å². The van der Waals surface area contributed by atoms with Crippen LogP contribution in [0.4, 0.5) is 0 Å². The monoisotopic (exact) mass is 260 g/mol. The maximum absolute atomic E-state index is 12.2. The Morgan fingerprint density at radius 2 is 2.11 bits per heavy atom. The summed E-state index contributed by atoms with van der Waals surface area (Å²) < 4.78 is 0. The Morgan fingerprint density at radius 3 is 2.94 bits per heavy atom. The van der Waals surface area contributed by atoms with Crippen molar-refractivity contribution in [1.29, 1.82) is 0 Å². The van der Waals surface area contributed by atoms with Crippen molar-refractivity contribution in [3.05, 3.63) is 36.0 Å². The minimum Gasteiger partial charge on any atom is -0.361 e. The second-order valence-electron chi connectivity index (χ2n) is 4.64. The van der Waals surface area contributed by atoms with E-state index in [0.717, 1.165) is 40.8 Å². The Bertz CT molecular complexity index is 558. The number of benzene rings is 1. The van der Waals surface area contributed by atoms with E-state index in [9.17, 15) is 4.79 Å². The summed E-state index contributed by atoms with van der Waals surface area (Å²) in [4.78, 5) is 15.3. The van der Waals surface area contributed by atoms with E-state index in [-0.39, 0.29) is 5.91 Å². The van der Waals surface area contributed by atoms with Gasteiger partial charge in [-0.05, 0) is 48.6 Å². The van der Waals surface area contributed by atoms with Crippen LogP contribution in [0.1, 0.15) is 23.2 Å². The molecule has 2 N–H and O–H groups in total. The summed E-state index contributed by atoms with van der Waals surface area (Å²) in [5.41, 5.74) is 1.82. The van der Waals surface area contributed by atoms with E-state index in [1.165, 1.54) is 0 Å². The van der Waals surface area contributed by atoms with Gasteiger partial charge in [-0.1, -0.05) is 0 Å². The van der Waals surface area contributed by atoms with Crippen molar-refractivity contribution in [1.82, 2.24) is 10.3 Å². The Kier molecular flexibility index (Phi) is 3.28. The number of nitrogens with one attached hydrogen (secondary N) is 2. The first-order chi connectivity index (χ1) is 8.83. The van der Waals surface area contributed by atoms with Gasteiger partial charge in [-0.3, -0.25) is 4.79 Å². The van der Waals surface area contributed by atoms with Gasteiger partial charge in [0.25, 0.3) is 5.91 Å². The molecule has 2 heterocycles. The number of carbonyl (C=O) groups excluding carboxylic acids is 1. The van der Waals surface area contributed by atoms with Crippen LogP contribution in [0.5, 0.6) is 0 Å². The van der Waals surface area contributed by atoms with E-state index in [1.54, 1.807) is 0 Å². The second-order valence-corrected chi connectivity index (χ2v) is 5.86. The molecule has 1 fully saturated rings. The van der Waals surface area contributed by atoms with Gasteiger partial charge in [0.2, 0.25) is 0 Å². The number of hydrogen-bond acceptors (Lipinski definition) is 2. The molecule has 1 aliphatic heterocycles. The predicted molar refractivity (Wildman–Crippen MR) is 76.1 cm³/mol. The molecule has 1 aromatic carbocycles. The molecule has 0 radical (unpaired) electrons. The van der Waals surface area contributed by atoms with E-state index in [2.05, 4.69) is 10.3 Å². The lowest BCUT2D eigenvalue weighted by molar-refractivity contribution is 0.0935. The second kappa shape index (κ2) is 5.06. The van der Waals surface area contributed by atoms with Gasteiger partial charge < -0.3 is 10.3 Å². The molecule has 1 saturated heterocycles. The Hall–Kier alpha value is -1.42. The lowest BCUT2D eigenvalue weighted by atomic mass is 10.1. The van der Waals surface area contributed by atoms with Crippen LogP contribution in [-0.4, -0.2) is 28.4 Å². The number of hydrogen-bond donors (Lipinski definition) is 2. The third-order valence-electron chi connectivity index (χ3n) is 3.37. The molecule has 0 aliphatic carbocycles. The van der Waals surface area contributed by atoms with E-state index >= 15 is 0 Å². The highest BCUT2D eigenvalue weighted by Gasteiger charge is 2.16. The number of H-pyrrole nitrogens is 1. The van der Waals surface area contributed by atoms with Crippen molar-refractivity contribution in [3.8, 4) is 0 Å². The number of rotatable bonds is 2. The molecule has 0 spiro atoms. The van der Waals surface area contributed by atoms with Crippen molar-refractivity contribution in [3.63, 3.8) is 0 Å². The number of aromatic amines is 1. The van der Waals surface area contributed by atoms with Crippen LogP contribution in [0, 0.1) is 0 Å².